The first-order valence-corrected chi connectivity index (χ1v) is 7.72. The average molecular weight is 295 g/mol. The lowest BCUT2D eigenvalue weighted by Crippen LogP contribution is -2.24. The maximum absolute atomic E-state index is 13.3. The van der Waals surface area contributed by atoms with Gasteiger partial charge in [0.25, 0.3) is 0 Å². The van der Waals surface area contributed by atoms with Crippen LogP contribution in [0.15, 0.2) is 42.7 Å². The van der Waals surface area contributed by atoms with E-state index in [2.05, 4.69) is 39.1 Å². The van der Waals surface area contributed by atoms with E-state index in [-0.39, 0.29) is 5.82 Å². The van der Waals surface area contributed by atoms with E-state index >= 15 is 0 Å². The van der Waals surface area contributed by atoms with E-state index in [4.69, 9.17) is 0 Å². The van der Waals surface area contributed by atoms with Crippen molar-refractivity contribution in [2.24, 2.45) is 0 Å². The van der Waals surface area contributed by atoms with Crippen molar-refractivity contribution < 1.29 is 4.39 Å². The largest absolute Gasteiger partial charge is 0.344 e. The summed E-state index contributed by atoms with van der Waals surface area (Å²) >= 11 is 0. The molecule has 0 saturated heterocycles. The van der Waals surface area contributed by atoms with Gasteiger partial charge in [0.05, 0.1) is 6.20 Å². The van der Waals surface area contributed by atoms with Gasteiger partial charge in [0, 0.05) is 48.8 Å². The second-order valence-electron chi connectivity index (χ2n) is 5.78. The monoisotopic (exact) mass is 295 g/mol. The molecule has 0 unspecified atom stereocenters. The fraction of sp³-hybridized carbons (Fsp3) is 0.278. The molecule has 0 bridgehead atoms. The number of rotatable bonds is 3. The third-order valence-electron chi connectivity index (χ3n) is 4.42. The Bertz CT molecular complexity index is 822. The fourth-order valence-corrected chi connectivity index (χ4v) is 3.42. The van der Waals surface area contributed by atoms with Crippen LogP contribution in [0.25, 0.3) is 10.9 Å². The molecular formula is C18H18FN3. The summed E-state index contributed by atoms with van der Waals surface area (Å²) in [6.45, 7) is 2.82. The van der Waals surface area contributed by atoms with Crippen molar-refractivity contribution in [1.82, 2.24) is 14.9 Å². The lowest BCUT2D eigenvalue weighted by atomic mass is 10.1. The standard InChI is InChI=1S/C18H18FN3/c19-14-9-13(10-21-11-14)6-8-22-17-4-2-1-3-15(17)16-12-20-7-5-18(16)22/h1-4,9-11,20H,5-8,12H2. The summed E-state index contributed by atoms with van der Waals surface area (Å²) < 4.78 is 15.7. The Morgan fingerprint density at radius 1 is 1.23 bits per heavy atom. The Hall–Kier alpha value is -2.20. The fourth-order valence-electron chi connectivity index (χ4n) is 3.42. The predicted octanol–water partition coefficient (Wildman–Crippen LogP) is 3.06. The molecule has 4 heteroatoms. The molecule has 0 atom stereocenters. The van der Waals surface area contributed by atoms with Gasteiger partial charge in [0.2, 0.25) is 0 Å². The van der Waals surface area contributed by atoms with Gasteiger partial charge in [-0.1, -0.05) is 18.2 Å². The Balaban J connectivity index is 1.72. The van der Waals surface area contributed by atoms with Gasteiger partial charge >= 0.3 is 0 Å². The predicted molar refractivity (Wildman–Crippen MR) is 85.2 cm³/mol. The normalized spacial score (nSPS) is 14.2. The summed E-state index contributed by atoms with van der Waals surface area (Å²) in [6, 6.07) is 10.1. The van der Waals surface area contributed by atoms with Crippen molar-refractivity contribution in [3.05, 3.63) is 65.4 Å². The highest BCUT2D eigenvalue weighted by Crippen LogP contribution is 2.28. The van der Waals surface area contributed by atoms with Gasteiger partial charge in [-0.2, -0.15) is 0 Å². The summed E-state index contributed by atoms with van der Waals surface area (Å²) in [6.07, 6.45) is 4.85. The third kappa shape index (κ3) is 2.29. The molecule has 0 fully saturated rings. The van der Waals surface area contributed by atoms with E-state index in [0.29, 0.717) is 0 Å². The molecule has 1 aromatic carbocycles. The number of hydrogen-bond donors (Lipinski definition) is 1. The zero-order valence-electron chi connectivity index (χ0n) is 12.3. The van der Waals surface area contributed by atoms with Crippen molar-refractivity contribution >= 4 is 10.9 Å². The van der Waals surface area contributed by atoms with Gasteiger partial charge in [0.15, 0.2) is 0 Å². The highest BCUT2D eigenvalue weighted by atomic mass is 19.1. The molecule has 22 heavy (non-hydrogen) atoms. The van der Waals surface area contributed by atoms with Crippen LogP contribution in [0, 0.1) is 5.82 Å². The summed E-state index contributed by atoms with van der Waals surface area (Å²) in [7, 11) is 0. The lowest BCUT2D eigenvalue weighted by Gasteiger charge is -2.17. The molecule has 0 radical (unpaired) electrons. The SMILES string of the molecule is Fc1cncc(CCn2c3c(c4ccccc42)CNCC3)c1. The minimum Gasteiger partial charge on any atom is -0.344 e. The van der Waals surface area contributed by atoms with E-state index in [9.17, 15) is 4.39 Å². The zero-order valence-corrected chi connectivity index (χ0v) is 12.3. The molecule has 1 aliphatic heterocycles. The van der Waals surface area contributed by atoms with E-state index in [1.165, 1.54) is 28.4 Å². The van der Waals surface area contributed by atoms with Crippen LogP contribution in [0.5, 0.6) is 0 Å². The van der Waals surface area contributed by atoms with Gasteiger partial charge in [-0.05, 0) is 29.7 Å². The molecule has 2 aromatic heterocycles. The Morgan fingerprint density at radius 3 is 3.05 bits per heavy atom. The van der Waals surface area contributed by atoms with Gasteiger partial charge in [-0.25, -0.2) is 4.39 Å². The number of para-hydroxylation sites is 1. The van der Waals surface area contributed by atoms with Crippen molar-refractivity contribution in [2.45, 2.75) is 25.9 Å². The number of nitrogens with zero attached hydrogens (tertiary/aromatic N) is 2. The Labute approximate surface area is 128 Å². The van der Waals surface area contributed by atoms with E-state index in [0.717, 1.165) is 38.0 Å². The van der Waals surface area contributed by atoms with Crippen LogP contribution in [0.3, 0.4) is 0 Å². The summed E-state index contributed by atoms with van der Waals surface area (Å²) in [5, 5.41) is 4.79. The van der Waals surface area contributed by atoms with E-state index in [1.807, 2.05) is 0 Å². The molecule has 3 heterocycles. The van der Waals surface area contributed by atoms with Crippen LogP contribution in [-0.2, 0) is 25.9 Å². The van der Waals surface area contributed by atoms with Crippen LogP contribution >= 0.6 is 0 Å². The van der Waals surface area contributed by atoms with Gasteiger partial charge in [-0.3, -0.25) is 4.98 Å². The van der Waals surface area contributed by atoms with Gasteiger partial charge in [-0.15, -0.1) is 0 Å². The van der Waals surface area contributed by atoms with Crippen molar-refractivity contribution in [3.8, 4) is 0 Å². The van der Waals surface area contributed by atoms with Crippen molar-refractivity contribution in [3.63, 3.8) is 0 Å². The number of halogens is 1. The van der Waals surface area contributed by atoms with Crippen LogP contribution in [0.1, 0.15) is 16.8 Å². The number of aryl methyl sites for hydroxylation is 2. The first-order chi connectivity index (χ1) is 10.8. The minimum atomic E-state index is -0.263. The van der Waals surface area contributed by atoms with Gasteiger partial charge in [0.1, 0.15) is 5.82 Å². The van der Waals surface area contributed by atoms with Crippen LogP contribution in [0.4, 0.5) is 4.39 Å². The number of fused-ring (bicyclic) bond motifs is 3. The minimum absolute atomic E-state index is 0.263. The average Bonchev–Trinajstić information content (AvgIpc) is 2.87. The quantitative estimate of drug-likeness (QED) is 0.805. The molecule has 1 N–H and O–H groups in total. The van der Waals surface area contributed by atoms with Gasteiger partial charge < -0.3 is 9.88 Å². The molecule has 3 nitrogen and oxygen atoms in total. The lowest BCUT2D eigenvalue weighted by molar-refractivity contribution is 0.590. The van der Waals surface area contributed by atoms with Crippen LogP contribution in [-0.4, -0.2) is 16.1 Å². The second kappa shape index (κ2) is 5.54. The van der Waals surface area contributed by atoms with Crippen LogP contribution in [0.2, 0.25) is 0 Å². The van der Waals surface area contributed by atoms with Crippen molar-refractivity contribution in [1.29, 1.82) is 0 Å². The molecule has 3 aromatic rings. The molecule has 112 valence electrons. The summed E-state index contributed by atoms with van der Waals surface area (Å²) in [5.41, 5.74) is 5.06. The molecule has 1 aliphatic rings. The first-order valence-electron chi connectivity index (χ1n) is 7.72. The molecule has 0 saturated carbocycles. The van der Waals surface area contributed by atoms with Crippen LogP contribution < -0.4 is 5.32 Å². The maximum Gasteiger partial charge on any atom is 0.141 e. The number of nitrogens with one attached hydrogen (secondary N) is 1. The zero-order chi connectivity index (χ0) is 14.9. The third-order valence-corrected chi connectivity index (χ3v) is 4.42. The summed E-state index contributed by atoms with van der Waals surface area (Å²) in [5.74, 6) is -0.263. The smallest absolute Gasteiger partial charge is 0.141 e. The molecule has 0 aliphatic carbocycles. The highest BCUT2D eigenvalue weighted by molar-refractivity contribution is 5.85. The van der Waals surface area contributed by atoms with Crippen molar-refractivity contribution in [2.75, 3.05) is 6.54 Å². The number of benzene rings is 1. The van der Waals surface area contributed by atoms with E-state index < -0.39 is 0 Å². The maximum atomic E-state index is 13.3. The van der Waals surface area contributed by atoms with E-state index in [1.54, 1.807) is 12.3 Å². The molecular weight excluding hydrogens is 277 g/mol. The Morgan fingerprint density at radius 2 is 2.14 bits per heavy atom. The first kappa shape index (κ1) is 13.5. The summed E-state index contributed by atoms with van der Waals surface area (Å²) in [4.78, 5) is 3.94. The number of hydrogen-bond acceptors (Lipinski definition) is 2. The molecule has 0 amide bonds. The number of aromatic nitrogens is 2. The second-order valence-corrected chi connectivity index (χ2v) is 5.78. The topological polar surface area (TPSA) is 29.9 Å². The number of pyridine rings is 1. The highest BCUT2D eigenvalue weighted by Gasteiger charge is 2.19. The molecule has 4 rings (SSSR count). The Kier molecular flexibility index (Phi) is 3.39. The molecule has 0 spiro atoms.